The van der Waals surface area contributed by atoms with Crippen molar-refractivity contribution in [3.05, 3.63) is 41.7 Å². The molecule has 0 heterocycles. The SMILES string of the molecule is C/C=C/COc1ccc(CNCCC)cc1F. The summed E-state index contributed by atoms with van der Waals surface area (Å²) in [5.74, 6) is 0.00708. The van der Waals surface area contributed by atoms with Crippen LogP contribution in [0.4, 0.5) is 4.39 Å². The first-order chi connectivity index (χ1) is 8.27. The molecule has 0 aromatic heterocycles. The molecule has 1 aromatic rings. The Morgan fingerprint density at radius 2 is 2.24 bits per heavy atom. The first-order valence-electron chi connectivity index (χ1n) is 6.01. The quantitative estimate of drug-likeness (QED) is 0.580. The van der Waals surface area contributed by atoms with E-state index >= 15 is 0 Å². The van der Waals surface area contributed by atoms with Crippen LogP contribution in [0.2, 0.25) is 0 Å². The van der Waals surface area contributed by atoms with Crippen LogP contribution in [0.25, 0.3) is 0 Å². The van der Waals surface area contributed by atoms with Crippen LogP contribution < -0.4 is 10.1 Å². The second-order valence-corrected chi connectivity index (χ2v) is 3.82. The molecule has 3 heteroatoms. The topological polar surface area (TPSA) is 21.3 Å². The third kappa shape index (κ3) is 5.00. The highest BCUT2D eigenvalue weighted by Gasteiger charge is 2.03. The van der Waals surface area contributed by atoms with E-state index in [1.165, 1.54) is 6.07 Å². The molecule has 1 aromatic carbocycles. The van der Waals surface area contributed by atoms with Gasteiger partial charge >= 0.3 is 0 Å². The molecule has 1 N–H and O–H groups in total. The van der Waals surface area contributed by atoms with E-state index < -0.39 is 0 Å². The third-order valence-corrected chi connectivity index (χ3v) is 2.32. The number of hydrogen-bond acceptors (Lipinski definition) is 2. The minimum absolute atomic E-state index is 0.301. The fourth-order valence-electron chi connectivity index (χ4n) is 1.41. The molecule has 0 spiro atoms. The maximum Gasteiger partial charge on any atom is 0.165 e. The lowest BCUT2D eigenvalue weighted by atomic mass is 10.2. The third-order valence-electron chi connectivity index (χ3n) is 2.32. The van der Waals surface area contributed by atoms with Crippen molar-refractivity contribution in [2.45, 2.75) is 26.8 Å². The summed E-state index contributed by atoms with van der Waals surface area (Å²) in [6.07, 6.45) is 4.80. The van der Waals surface area contributed by atoms with E-state index in [0.717, 1.165) is 18.5 Å². The molecule has 0 aliphatic rings. The second kappa shape index (κ2) is 7.85. The molecule has 0 amide bonds. The Bertz CT molecular complexity index is 363. The van der Waals surface area contributed by atoms with Crippen molar-refractivity contribution in [2.75, 3.05) is 13.2 Å². The fourth-order valence-corrected chi connectivity index (χ4v) is 1.41. The van der Waals surface area contributed by atoms with Crippen LogP contribution in [0, 0.1) is 5.82 Å². The van der Waals surface area contributed by atoms with Crippen molar-refractivity contribution in [1.29, 1.82) is 0 Å². The lowest BCUT2D eigenvalue weighted by Gasteiger charge is -2.07. The van der Waals surface area contributed by atoms with Crippen molar-refractivity contribution in [1.82, 2.24) is 5.32 Å². The van der Waals surface area contributed by atoms with Gasteiger partial charge in [-0.1, -0.05) is 25.1 Å². The predicted octanol–water partition coefficient (Wildman–Crippen LogP) is 3.28. The lowest BCUT2D eigenvalue weighted by molar-refractivity contribution is 0.341. The molecule has 0 saturated heterocycles. The van der Waals surface area contributed by atoms with Crippen LogP contribution in [0.15, 0.2) is 30.4 Å². The van der Waals surface area contributed by atoms with Crippen molar-refractivity contribution in [3.63, 3.8) is 0 Å². The van der Waals surface area contributed by atoms with Gasteiger partial charge in [0.2, 0.25) is 0 Å². The van der Waals surface area contributed by atoms with Crippen LogP contribution in [0.1, 0.15) is 25.8 Å². The van der Waals surface area contributed by atoms with Gasteiger partial charge in [0.05, 0.1) is 0 Å². The van der Waals surface area contributed by atoms with Gasteiger partial charge in [-0.15, -0.1) is 0 Å². The monoisotopic (exact) mass is 237 g/mol. The number of rotatable bonds is 7. The van der Waals surface area contributed by atoms with Gasteiger partial charge in [-0.25, -0.2) is 4.39 Å². The van der Waals surface area contributed by atoms with Crippen LogP contribution >= 0.6 is 0 Å². The first kappa shape index (κ1) is 13.7. The summed E-state index contributed by atoms with van der Waals surface area (Å²) in [6, 6.07) is 5.09. The average Bonchev–Trinajstić information content (AvgIpc) is 2.32. The molecule has 0 atom stereocenters. The molecular formula is C14H20FNO. The standard InChI is InChI=1S/C14H20FNO/c1-3-5-9-17-14-7-6-12(10-13(14)15)11-16-8-4-2/h3,5-7,10,16H,4,8-9,11H2,1-2H3/b5-3+. The molecule has 1 rings (SSSR count). The minimum atomic E-state index is -0.301. The molecular weight excluding hydrogens is 217 g/mol. The zero-order valence-corrected chi connectivity index (χ0v) is 10.5. The van der Waals surface area contributed by atoms with E-state index in [-0.39, 0.29) is 5.82 Å². The predicted molar refractivity (Wildman–Crippen MR) is 68.7 cm³/mol. The number of halogens is 1. The van der Waals surface area contributed by atoms with Gasteiger partial charge in [-0.2, -0.15) is 0 Å². The Morgan fingerprint density at radius 1 is 1.41 bits per heavy atom. The Hall–Kier alpha value is -1.35. The normalized spacial score (nSPS) is 11.0. The van der Waals surface area contributed by atoms with Gasteiger partial charge in [-0.3, -0.25) is 0 Å². The van der Waals surface area contributed by atoms with Gasteiger partial charge < -0.3 is 10.1 Å². The zero-order chi connectivity index (χ0) is 12.5. The van der Waals surface area contributed by atoms with Crippen molar-refractivity contribution in [3.8, 4) is 5.75 Å². The number of nitrogens with one attached hydrogen (secondary N) is 1. The molecule has 0 bridgehead atoms. The summed E-state index contributed by atoms with van der Waals surface area (Å²) in [4.78, 5) is 0. The molecule has 0 saturated carbocycles. The van der Waals surface area contributed by atoms with Crippen LogP contribution in [-0.4, -0.2) is 13.2 Å². The molecule has 94 valence electrons. The number of benzene rings is 1. The average molecular weight is 237 g/mol. The lowest BCUT2D eigenvalue weighted by Crippen LogP contribution is -2.13. The maximum absolute atomic E-state index is 13.6. The van der Waals surface area contributed by atoms with Crippen molar-refractivity contribution in [2.24, 2.45) is 0 Å². The van der Waals surface area contributed by atoms with Crippen LogP contribution in [0.5, 0.6) is 5.75 Å². The Morgan fingerprint density at radius 3 is 2.88 bits per heavy atom. The minimum Gasteiger partial charge on any atom is -0.486 e. The zero-order valence-electron chi connectivity index (χ0n) is 10.5. The summed E-state index contributed by atoms with van der Waals surface area (Å²) in [5.41, 5.74) is 0.939. The highest BCUT2D eigenvalue weighted by Crippen LogP contribution is 2.18. The fraction of sp³-hybridized carbons (Fsp3) is 0.429. The van der Waals surface area contributed by atoms with Crippen LogP contribution in [0.3, 0.4) is 0 Å². The van der Waals surface area contributed by atoms with Gasteiger partial charge in [0, 0.05) is 6.54 Å². The highest BCUT2D eigenvalue weighted by molar-refractivity contribution is 5.29. The van der Waals surface area contributed by atoms with Crippen molar-refractivity contribution < 1.29 is 9.13 Å². The molecule has 0 fully saturated rings. The van der Waals surface area contributed by atoms with Gasteiger partial charge in [-0.05, 0) is 37.6 Å². The van der Waals surface area contributed by atoms with E-state index in [4.69, 9.17) is 4.74 Å². The summed E-state index contributed by atoms with van der Waals surface area (Å²) in [5, 5.41) is 3.23. The van der Waals surface area contributed by atoms with Gasteiger partial charge in [0.1, 0.15) is 6.61 Å². The smallest absolute Gasteiger partial charge is 0.165 e. The molecule has 2 nitrogen and oxygen atoms in total. The largest absolute Gasteiger partial charge is 0.486 e. The summed E-state index contributed by atoms with van der Waals surface area (Å²) < 4.78 is 18.9. The van der Waals surface area contributed by atoms with E-state index in [0.29, 0.717) is 18.9 Å². The molecule has 0 aliphatic carbocycles. The summed E-state index contributed by atoms with van der Waals surface area (Å²) >= 11 is 0. The molecule has 17 heavy (non-hydrogen) atoms. The van der Waals surface area contributed by atoms with E-state index in [9.17, 15) is 4.39 Å². The Labute approximate surface area is 102 Å². The van der Waals surface area contributed by atoms with E-state index in [1.54, 1.807) is 6.07 Å². The Kier molecular flexibility index (Phi) is 6.33. The second-order valence-electron chi connectivity index (χ2n) is 3.82. The summed E-state index contributed by atoms with van der Waals surface area (Å²) in [7, 11) is 0. The number of allylic oxidation sites excluding steroid dienone is 1. The highest BCUT2D eigenvalue weighted by atomic mass is 19.1. The number of hydrogen-bond donors (Lipinski definition) is 1. The summed E-state index contributed by atoms with van der Waals surface area (Å²) in [6.45, 7) is 6.05. The van der Waals surface area contributed by atoms with Crippen molar-refractivity contribution >= 4 is 0 Å². The Balaban J connectivity index is 2.53. The van der Waals surface area contributed by atoms with Crippen LogP contribution in [-0.2, 0) is 6.54 Å². The maximum atomic E-state index is 13.6. The number of ether oxygens (including phenoxy) is 1. The first-order valence-corrected chi connectivity index (χ1v) is 6.01. The molecule has 0 aliphatic heterocycles. The van der Waals surface area contributed by atoms with Gasteiger partial charge in [0.25, 0.3) is 0 Å². The van der Waals surface area contributed by atoms with Gasteiger partial charge in [0.15, 0.2) is 11.6 Å². The van der Waals surface area contributed by atoms with E-state index in [2.05, 4.69) is 12.2 Å². The molecule has 0 radical (unpaired) electrons. The van der Waals surface area contributed by atoms with E-state index in [1.807, 2.05) is 25.1 Å². The molecule has 0 unspecified atom stereocenters.